The Kier molecular flexibility index (Phi) is 4.57. The molecule has 1 unspecified atom stereocenters. The minimum Gasteiger partial charge on any atom is -0.324 e. The molecule has 3 aromatic rings. The highest BCUT2D eigenvalue weighted by Crippen LogP contribution is 2.27. The molecule has 0 saturated carbocycles. The van der Waals surface area contributed by atoms with Crippen LogP contribution in [0.5, 0.6) is 0 Å². The van der Waals surface area contributed by atoms with Crippen LogP contribution in [0.3, 0.4) is 0 Å². The van der Waals surface area contributed by atoms with E-state index >= 15 is 0 Å². The van der Waals surface area contributed by atoms with E-state index in [1.165, 1.54) is 11.3 Å². The van der Waals surface area contributed by atoms with Crippen LogP contribution in [0.4, 0.5) is 9.93 Å². The van der Waals surface area contributed by atoms with Gasteiger partial charge in [-0.3, -0.25) is 10.3 Å². The summed E-state index contributed by atoms with van der Waals surface area (Å²) in [4.78, 5) is 18.7. The van der Waals surface area contributed by atoms with Gasteiger partial charge in [0.05, 0.1) is 0 Å². The number of amides is 2. The summed E-state index contributed by atoms with van der Waals surface area (Å²) < 4.78 is 1.91. The van der Waals surface area contributed by atoms with Crippen molar-refractivity contribution in [3.05, 3.63) is 36.5 Å². The molecule has 1 N–H and O–H groups in total. The maximum atomic E-state index is 12.6. The Morgan fingerprint density at radius 1 is 1.31 bits per heavy atom. The first-order chi connectivity index (χ1) is 12.7. The fourth-order valence-electron chi connectivity index (χ4n) is 3.07. The Balaban J connectivity index is 1.42. The van der Waals surface area contributed by atoms with Crippen molar-refractivity contribution in [1.29, 1.82) is 0 Å². The Hall–Kier alpha value is -2.88. The molecule has 0 spiro atoms. The monoisotopic (exact) mass is 370 g/mol. The molecule has 10 heteroatoms. The largest absolute Gasteiger partial charge is 0.324 e. The molecule has 1 fully saturated rings. The van der Waals surface area contributed by atoms with Crippen molar-refractivity contribution >= 4 is 22.5 Å². The number of aryl methyl sites for hydroxylation is 1. The number of rotatable bonds is 3. The zero-order valence-electron chi connectivity index (χ0n) is 14.2. The van der Waals surface area contributed by atoms with Crippen LogP contribution in [-0.2, 0) is 7.05 Å². The predicted molar refractivity (Wildman–Crippen MR) is 96.7 cm³/mol. The van der Waals surface area contributed by atoms with E-state index in [4.69, 9.17) is 0 Å². The summed E-state index contributed by atoms with van der Waals surface area (Å²) in [5.41, 5.74) is 0.741. The predicted octanol–water partition coefficient (Wildman–Crippen LogP) is 2.14. The van der Waals surface area contributed by atoms with Gasteiger partial charge in [0.15, 0.2) is 5.01 Å². The van der Waals surface area contributed by atoms with Crippen LogP contribution in [-0.4, -0.2) is 54.0 Å². The Morgan fingerprint density at radius 2 is 2.23 bits per heavy atom. The maximum absolute atomic E-state index is 12.6. The summed E-state index contributed by atoms with van der Waals surface area (Å²) in [7, 11) is 1.93. The highest BCUT2D eigenvalue weighted by molar-refractivity contribution is 7.18. The van der Waals surface area contributed by atoms with Gasteiger partial charge in [0.25, 0.3) is 0 Å². The maximum Gasteiger partial charge on any atom is 0.323 e. The van der Waals surface area contributed by atoms with E-state index in [-0.39, 0.29) is 11.9 Å². The molecule has 0 radical (unpaired) electrons. The fourth-order valence-corrected chi connectivity index (χ4v) is 3.78. The van der Waals surface area contributed by atoms with Crippen molar-refractivity contribution in [1.82, 2.24) is 34.8 Å². The van der Waals surface area contributed by atoms with Gasteiger partial charge in [0, 0.05) is 32.3 Å². The molecule has 134 valence electrons. The van der Waals surface area contributed by atoms with Gasteiger partial charge < -0.3 is 9.47 Å². The normalized spacial score (nSPS) is 17.3. The molecule has 26 heavy (non-hydrogen) atoms. The summed E-state index contributed by atoms with van der Waals surface area (Å²) in [5, 5.41) is 20.3. The smallest absolute Gasteiger partial charge is 0.323 e. The van der Waals surface area contributed by atoms with Crippen LogP contribution < -0.4 is 5.32 Å². The number of aromatic nitrogens is 6. The van der Waals surface area contributed by atoms with E-state index in [1.807, 2.05) is 29.8 Å². The number of piperidine rings is 1. The van der Waals surface area contributed by atoms with E-state index in [0.717, 1.165) is 24.4 Å². The first-order valence-electron chi connectivity index (χ1n) is 8.35. The standard InChI is InChI=1S/C16H18N8OS/c1-23-10-18-20-13(23)11-5-4-8-24(9-11)16(25)19-15-22-21-14(26-15)12-6-2-3-7-17-12/h2-3,6-7,10-11H,4-5,8-9H2,1H3,(H,19,22,25). The third-order valence-corrected chi connectivity index (χ3v) is 5.20. The number of nitrogens with zero attached hydrogens (tertiary/aromatic N) is 7. The van der Waals surface area contributed by atoms with Crippen LogP contribution in [0.25, 0.3) is 10.7 Å². The van der Waals surface area contributed by atoms with E-state index in [0.29, 0.717) is 23.2 Å². The molecule has 0 aromatic carbocycles. The molecule has 9 nitrogen and oxygen atoms in total. The van der Waals surface area contributed by atoms with Crippen molar-refractivity contribution in [2.24, 2.45) is 7.05 Å². The quantitative estimate of drug-likeness (QED) is 0.758. The second-order valence-electron chi connectivity index (χ2n) is 6.14. The highest BCUT2D eigenvalue weighted by Gasteiger charge is 2.28. The van der Waals surface area contributed by atoms with Crippen molar-refractivity contribution < 1.29 is 4.79 Å². The molecule has 1 saturated heterocycles. The highest BCUT2D eigenvalue weighted by atomic mass is 32.1. The molecule has 2 amide bonds. The molecule has 1 aliphatic heterocycles. The summed E-state index contributed by atoms with van der Waals surface area (Å²) in [6.45, 7) is 1.33. The Labute approximate surface area is 154 Å². The van der Waals surface area contributed by atoms with Gasteiger partial charge in [0.1, 0.15) is 17.8 Å². The zero-order valence-corrected chi connectivity index (χ0v) is 15.1. The van der Waals surface area contributed by atoms with Gasteiger partial charge in [-0.25, -0.2) is 4.79 Å². The van der Waals surface area contributed by atoms with Crippen LogP contribution in [0, 0.1) is 0 Å². The summed E-state index contributed by atoms with van der Waals surface area (Å²) in [5.74, 6) is 1.11. The number of carbonyl (C=O) groups excluding carboxylic acids is 1. The van der Waals surface area contributed by atoms with Crippen LogP contribution in [0.15, 0.2) is 30.7 Å². The summed E-state index contributed by atoms with van der Waals surface area (Å²) >= 11 is 1.31. The number of likely N-dealkylation sites (tertiary alicyclic amines) is 1. The average Bonchev–Trinajstić information content (AvgIpc) is 3.31. The van der Waals surface area contributed by atoms with Crippen LogP contribution in [0.1, 0.15) is 24.6 Å². The molecule has 4 rings (SSSR count). The Morgan fingerprint density at radius 3 is 3.00 bits per heavy atom. The van der Waals surface area contributed by atoms with E-state index in [9.17, 15) is 4.79 Å². The van der Waals surface area contributed by atoms with Gasteiger partial charge >= 0.3 is 6.03 Å². The Bertz CT molecular complexity index is 893. The van der Waals surface area contributed by atoms with Gasteiger partial charge in [-0.1, -0.05) is 17.4 Å². The second-order valence-corrected chi connectivity index (χ2v) is 7.12. The lowest BCUT2D eigenvalue weighted by Crippen LogP contribution is -2.42. The van der Waals surface area contributed by atoms with Crippen molar-refractivity contribution in [2.45, 2.75) is 18.8 Å². The van der Waals surface area contributed by atoms with Crippen LogP contribution >= 0.6 is 11.3 Å². The minimum atomic E-state index is -0.166. The fraction of sp³-hybridized carbons (Fsp3) is 0.375. The van der Waals surface area contributed by atoms with Crippen LogP contribution in [0.2, 0.25) is 0 Å². The van der Waals surface area contributed by atoms with Gasteiger partial charge in [-0.15, -0.1) is 20.4 Å². The third kappa shape index (κ3) is 3.40. The number of urea groups is 1. The van der Waals surface area contributed by atoms with E-state index < -0.39 is 0 Å². The lowest BCUT2D eigenvalue weighted by molar-refractivity contribution is 0.190. The average molecular weight is 370 g/mol. The summed E-state index contributed by atoms with van der Waals surface area (Å²) in [6, 6.07) is 5.43. The molecule has 0 aliphatic carbocycles. The van der Waals surface area contributed by atoms with Gasteiger partial charge in [0.2, 0.25) is 5.13 Å². The second kappa shape index (κ2) is 7.16. The number of hydrogen-bond donors (Lipinski definition) is 1. The first-order valence-corrected chi connectivity index (χ1v) is 9.17. The molecule has 1 atom stereocenters. The number of hydrogen-bond acceptors (Lipinski definition) is 7. The topological polar surface area (TPSA) is 102 Å². The van der Waals surface area contributed by atoms with Crippen molar-refractivity contribution in [3.8, 4) is 10.7 Å². The molecular weight excluding hydrogens is 352 g/mol. The molecule has 3 aromatic heterocycles. The van der Waals surface area contributed by atoms with E-state index in [2.05, 4.69) is 30.7 Å². The van der Waals surface area contributed by atoms with Gasteiger partial charge in [-0.2, -0.15) is 0 Å². The summed E-state index contributed by atoms with van der Waals surface area (Å²) in [6.07, 6.45) is 5.32. The molecular formula is C16H18N8OS. The van der Waals surface area contributed by atoms with Gasteiger partial charge in [-0.05, 0) is 25.0 Å². The number of pyridine rings is 1. The lowest BCUT2D eigenvalue weighted by atomic mass is 9.97. The number of carbonyl (C=O) groups is 1. The van der Waals surface area contributed by atoms with Crippen molar-refractivity contribution in [3.63, 3.8) is 0 Å². The zero-order chi connectivity index (χ0) is 17.9. The number of anilines is 1. The molecule has 0 bridgehead atoms. The van der Waals surface area contributed by atoms with Crippen molar-refractivity contribution in [2.75, 3.05) is 18.4 Å². The third-order valence-electron chi connectivity index (χ3n) is 4.34. The first kappa shape index (κ1) is 16.6. The minimum absolute atomic E-state index is 0.166. The molecule has 1 aliphatic rings. The van der Waals surface area contributed by atoms with E-state index in [1.54, 1.807) is 17.4 Å². The molecule has 4 heterocycles. The SMILES string of the molecule is Cn1cnnc1C1CCCN(C(=O)Nc2nnc(-c3ccccn3)s2)C1. The number of nitrogens with one attached hydrogen (secondary N) is 1. The lowest BCUT2D eigenvalue weighted by Gasteiger charge is -2.31.